The van der Waals surface area contributed by atoms with Crippen molar-refractivity contribution in [3.8, 4) is 5.75 Å². The molecule has 6 nitrogen and oxygen atoms in total. The molecule has 0 aliphatic carbocycles. The SMILES string of the molecule is COc1ccc(N(C)c2nc(C)nc(NC(=O)C(C)(C)C)c2Cl)cc1. The zero-order valence-electron chi connectivity index (χ0n) is 15.3. The molecule has 0 saturated heterocycles. The zero-order chi connectivity index (χ0) is 18.8. The van der Waals surface area contributed by atoms with Crippen molar-refractivity contribution in [3.05, 3.63) is 35.1 Å². The molecule has 1 aromatic carbocycles. The zero-order valence-corrected chi connectivity index (χ0v) is 16.1. The minimum absolute atomic E-state index is 0.162. The van der Waals surface area contributed by atoms with Gasteiger partial charge in [0.05, 0.1) is 7.11 Å². The van der Waals surface area contributed by atoms with E-state index < -0.39 is 5.41 Å². The molecule has 0 aliphatic heterocycles. The molecule has 1 heterocycles. The predicted molar refractivity (Wildman–Crippen MR) is 101 cm³/mol. The molecule has 1 amide bonds. The first-order chi connectivity index (χ1) is 11.6. The maximum Gasteiger partial charge on any atom is 0.230 e. The van der Waals surface area contributed by atoms with Crippen LogP contribution in [0.25, 0.3) is 0 Å². The fourth-order valence-electron chi connectivity index (χ4n) is 2.07. The summed E-state index contributed by atoms with van der Waals surface area (Å²) in [6.45, 7) is 7.24. The molecule has 0 radical (unpaired) electrons. The van der Waals surface area contributed by atoms with Gasteiger partial charge in [0.25, 0.3) is 0 Å². The van der Waals surface area contributed by atoms with Gasteiger partial charge in [-0.2, -0.15) is 0 Å². The van der Waals surface area contributed by atoms with Gasteiger partial charge < -0.3 is 15.0 Å². The van der Waals surface area contributed by atoms with Crippen molar-refractivity contribution in [1.29, 1.82) is 0 Å². The van der Waals surface area contributed by atoms with Crippen LogP contribution in [0.5, 0.6) is 5.75 Å². The number of anilines is 3. The number of rotatable bonds is 4. The maximum atomic E-state index is 12.3. The lowest BCUT2D eigenvalue weighted by molar-refractivity contribution is -0.123. The number of carbonyl (C=O) groups excluding carboxylic acids is 1. The Bertz CT molecular complexity index is 770. The topological polar surface area (TPSA) is 67.3 Å². The molecule has 7 heteroatoms. The summed E-state index contributed by atoms with van der Waals surface area (Å²) in [5.41, 5.74) is 0.332. The average molecular weight is 363 g/mol. The number of methoxy groups -OCH3 is 1. The molecular formula is C18H23ClN4O2. The molecule has 0 saturated carbocycles. The van der Waals surface area contributed by atoms with E-state index in [2.05, 4.69) is 15.3 Å². The van der Waals surface area contributed by atoms with Gasteiger partial charge in [-0.15, -0.1) is 0 Å². The van der Waals surface area contributed by atoms with Crippen LogP contribution in [0.15, 0.2) is 24.3 Å². The second-order valence-electron chi connectivity index (χ2n) is 6.72. The van der Waals surface area contributed by atoms with Gasteiger partial charge >= 0.3 is 0 Å². The predicted octanol–water partition coefficient (Wildman–Crippen LogP) is 4.20. The summed E-state index contributed by atoms with van der Waals surface area (Å²) in [4.78, 5) is 22.8. The van der Waals surface area contributed by atoms with Crippen LogP contribution in [0.2, 0.25) is 5.02 Å². The summed E-state index contributed by atoms with van der Waals surface area (Å²) < 4.78 is 5.17. The van der Waals surface area contributed by atoms with Crippen molar-refractivity contribution in [3.63, 3.8) is 0 Å². The molecule has 0 bridgehead atoms. The fourth-order valence-corrected chi connectivity index (χ4v) is 2.33. The molecule has 0 atom stereocenters. The van der Waals surface area contributed by atoms with E-state index in [0.717, 1.165) is 11.4 Å². The third-order valence-corrected chi connectivity index (χ3v) is 3.98. The number of aryl methyl sites for hydroxylation is 1. The lowest BCUT2D eigenvalue weighted by Crippen LogP contribution is -2.28. The van der Waals surface area contributed by atoms with E-state index in [1.165, 1.54) is 0 Å². The van der Waals surface area contributed by atoms with E-state index in [1.54, 1.807) is 14.0 Å². The Labute approximate surface area is 153 Å². The highest BCUT2D eigenvalue weighted by Gasteiger charge is 2.24. The second-order valence-corrected chi connectivity index (χ2v) is 7.10. The van der Waals surface area contributed by atoms with Crippen LogP contribution in [-0.4, -0.2) is 30.0 Å². The van der Waals surface area contributed by atoms with E-state index in [1.807, 2.05) is 57.0 Å². The first kappa shape index (κ1) is 19.0. The van der Waals surface area contributed by atoms with Gasteiger partial charge in [-0.05, 0) is 31.2 Å². The van der Waals surface area contributed by atoms with Crippen LogP contribution in [0.1, 0.15) is 26.6 Å². The molecule has 134 valence electrons. The molecule has 25 heavy (non-hydrogen) atoms. The first-order valence-corrected chi connectivity index (χ1v) is 8.24. The molecule has 0 fully saturated rings. The highest BCUT2D eigenvalue weighted by Crippen LogP contribution is 2.34. The fraction of sp³-hybridized carbons (Fsp3) is 0.389. The molecule has 2 rings (SSSR count). The van der Waals surface area contributed by atoms with Crippen LogP contribution >= 0.6 is 11.6 Å². The number of hydrogen-bond acceptors (Lipinski definition) is 5. The number of amides is 1. The lowest BCUT2D eigenvalue weighted by Gasteiger charge is -2.23. The highest BCUT2D eigenvalue weighted by molar-refractivity contribution is 6.36. The molecule has 0 spiro atoms. The number of halogens is 1. The minimum atomic E-state index is -0.551. The van der Waals surface area contributed by atoms with Gasteiger partial charge in [0.15, 0.2) is 11.6 Å². The summed E-state index contributed by atoms with van der Waals surface area (Å²) in [7, 11) is 3.47. The highest BCUT2D eigenvalue weighted by atomic mass is 35.5. The summed E-state index contributed by atoms with van der Waals surface area (Å²) in [5, 5.41) is 3.08. The third kappa shape index (κ3) is 4.39. The number of nitrogens with one attached hydrogen (secondary N) is 1. The average Bonchev–Trinajstić information content (AvgIpc) is 2.56. The van der Waals surface area contributed by atoms with Crippen molar-refractivity contribution >= 4 is 34.8 Å². The maximum absolute atomic E-state index is 12.3. The normalized spacial score (nSPS) is 11.2. The van der Waals surface area contributed by atoms with Gasteiger partial charge in [-0.1, -0.05) is 32.4 Å². The number of nitrogens with zero attached hydrogens (tertiary/aromatic N) is 3. The smallest absolute Gasteiger partial charge is 0.230 e. The third-order valence-electron chi connectivity index (χ3n) is 3.64. The van der Waals surface area contributed by atoms with Gasteiger partial charge in [0.1, 0.15) is 16.6 Å². The van der Waals surface area contributed by atoms with E-state index in [-0.39, 0.29) is 5.91 Å². The van der Waals surface area contributed by atoms with Crippen LogP contribution in [0, 0.1) is 12.3 Å². The van der Waals surface area contributed by atoms with Gasteiger partial charge in [-0.25, -0.2) is 9.97 Å². The van der Waals surface area contributed by atoms with Crippen molar-refractivity contribution in [2.45, 2.75) is 27.7 Å². The van der Waals surface area contributed by atoms with Crippen LogP contribution in [0.4, 0.5) is 17.3 Å². The summed E-state index contributed by atoms with van der Waals surface area (Å²) in [6.07, 6.45) is 0. The molecule has 0 unspecified atom stereocenters. The van der Waals surface area contributed by atoms with Crippen molar-refractivity contribution in [1.82, 2.24) is 9.97 Å². The van der Waals surface area contributed by atoms with E-state index in [4.69, 9.17) is 16.3 Å². The molecule has 0 aliphatic rings. The Balaban J connectivity index is 2.39. The monoisotopic (exact) mass is 362 g/mol. The Morgan fingerprint density at radius 2 is 1.80 bits per heavy atom. The Morgan fingerprint density at radius 1 is 1.20 bits per heavy atom. The summed E-state index contributed by atoms with van der Waals surface area (Å²) in [5.74, 6) is 1.95. The second kappa shape index (κ2) is 7.27. The molecule has 2 aromatic rings. The van der Waals surface area contributed by atoms with Crippen molar-refractivity contribution in [2.24, 2.45) is 5.41 Å². The molecule has 1 N–H and O–H groups in total. The minimum Gasteiger partial charge on any atom is -0.497 e. The van der Waals surface area contributed by atoms with Gasteiger partial charge in [0, 0.05) is 18.2 Å². The van der Waals surface area contributed by atoms with E-state index >= 15 is 0 Å². The number of carbonyl (C=O) groups is 1. The summed E-state index contributed by atoms with van der Waals surface area (Å²) >= 11 is 6.47. The van der Waals surface area contributed by atoms with Crippen LogP contribution < -0.4 is 15.0 Å². The Morgan fingerprint density at radius 3 is 2.32 bits per heavy atom. The quantitative estimate of drug-likeness (QED) is 0.882. The molecule has 1 aromatic heterocycles. The van der Waals surface area contributed by atoms with Crippen molar-refractivity contribution in [2.75, 3.05) is 24.4 Å². The Hall–Kier alpha value is -2.34. The van der Waals surface area contributed by atoms with Crippen molar-refractivity contribution < 1.29 is 9.53 Å². The standard InChI is InChI=1S/C18H23ClN4O2/c1-11-20-15(22-17(24)18(2,3)4)14(19)16(21-11)23(5)12-7-9-13(25-6)10-8-12/h7-10H,1-6H3,(H,20,21,22,24). The van der Waals surface area contributed by atoms with Crippen LogP contribution in [0.3, 0.4) is 0 Å². The van der Waals surface area contributed by atoms with Gasteiger partial charge in [-0.3, -0.25) is 4.79 Å². The van der Waals surface area contributed by atoms with E-state index in [9.17, 15) is 4.79 Å². The summed E-state index contributed by atoms with van der Waals surface area (Å²) in [6, 6.07) is 7.52. The Kier molecular flexibility index (Phi) is 5.52. The number of benzene rings is 1. The largest absolute Gasteiger partial charge is 0.497 e. The number of hydrogen-bond donors (Lipinski definition) is 1. The van der Waals surface area contributed by atoms with Crippen LogP contribution in [-0.2, 0) is 4.79 Å². The number of aromatic nitrogens is 2. The van der Waals surface area contributed by atoms with E-state index in [0.29, 0.717) is 22.5 Å². The molecular weight excluding hydrogens is 340 g/mol. The lowest BCUT2D eigenvalue weighted by atomic mass is 9.96. The van der Waals surface area contributed by atoms with Gasteiger partial charge in [0.2, 0.25) is 5.91 Å². The number of ether oxygens (including phenoxy) is 1. The first-order valence-electron chi connectivity index (χ1n) is 7.87.